The number of hydroxylamine groups is 1. The van der Waals surface area contributed by atoms with E-state index in [9.17, 15) is 4.79 Å². The lowest BCUT2D eigenvalue weighted by Crippen LogP contribution is -2.36. The molecular weight excluding hydrogens is 426 g/mol. The summed E-state index contributed by atoms with van der Waals surface area (Å²) in [6.07, 6.45) is 15.4. The molecule has 0 radical (unpaired) electrons. The van der Waals surface area contributed by atoms with Crippen molar-refractivity contribution in [2.24, 2.45) is 17.3 Å². The molecule has 0 saturated carbocycles. The number of rotatable bonds is 16. The Kier molecular flexibility index (Phi) is 11.1. The predicted octanol–water partition coefficient (Wildman–Crippen LogP) is 6.38. The Hall–Kier alpha value is -1.69. The molecule has 1 N–H and O–H groups in total. The molecule has 2 fully saturated rings. The third kappa shape index (κ3) is 8.21. The van der Waals surface area contributed by atoms with Crippen LogP contribution < -0.4 is 5.48 Å². The van der Waals surface area contributed by atoms with Gasteiger partial charge in [-0.3, -0.25) is 9.63 Å². The van der Waals surface area contributed by atoms with Gasteiger partial charge in [-0.1, -0.05) is 82.5 Å². The highest BCUT2D eigenvalue weighted by atomic mass is 16.6. The van der Waals surface area contributed by atoms with Gasteiger partial charge in [0.15, 0.2) is 0 Å². The molecule has 1 aromatic rings. The van der Waals surface area contributed by atoms with Gasteiger partial charge in [0, 0.05) is 17.9 Å². The van der Waals surface area contributed by atoms with E-state index in [0.29, 0.717) is 30.7 Å². The van der Waals surface area contributed by atoms with Gasteiger partial charge >= 0.3 is 0 Å². The normalized spacial score (nSPS) is 24.2. The molecule has 190 valence electrons. The molecule has 1 aromatic carbocycles. The maximum absolute atomic E-state index is 12.6. The van der Waals surface area contributed by atoms with Crippen LogP contribution in [0.4, 0.5) is 0 Å². The fourth-order valence-corrected chi connectivity index (χ4v) is 5.10. The number of unbranched alkanes of at least 4 members (excludes halogenated alkanes) is 3. The van der Waals surface area contributed by atoms with Crippen LogP contribution in [0.25, 0.3) is 0 Å². The molecule has 5 heteroatoms. The number of ether oxygens (including phenoxy) is 2. The van der Waals surface area contributed by atoms with Gasteiger partial charge in [0.2, 0.25) is 5.91 Å². The molecule has 0 spiro atoms. The summed E-state index contributed by atoms with van der Waals surface area (Å²) in [5, 5.41) is 0. The van der Waals surface area contributed by atoms with E-state index in [1.165, 1.54) is 38.5 Å². The first kappa shape index (κ1) is 26.9. The van der Waals surface area contributed by atoms with Crippen LogP contribution in [0.3, 0.4) is 0 Å². The molecule has 2 bridgehead atoms. The smallest absolute Gasteiger partial charge is 0.249 e. The first-order chi connectivity index (χ1) is 16.5. The van der Waals surface area contributed by atoms with Crippen LogP contribution in [0, 0.1) is 17.3 Å². The number of hydrogen-bond donors (Lipinski definition) is 1. The summed E-state index contributed by atoms with van der Waals surface area (Å²) in [5.41, 5.74) is 3.18. The molecule has 2 aliphatic heterocycles. The van der Waals surface area contributed by atoms with E-state index in [-0.39, 0.29) is 5.91 Å². The number of allylic oxidation sites excluding steroid dienone is 2. The molecule has 4 atom stereocenters. The second kappa shape index (κ2) is 14.0. The largest absolute Gasteiger partial charge is 0.381 e. The van der Waals surface area contributed by atoms with Crippen LogP contribution in [0.2, 0.25) is 0 Å². The fraction of sp³-hybridized carbons (Fsp3) is 0.690. The van der Waals surface area contributed by atoms with Gasteiger partial charge < -0.3 is 9.47 Å². The SMILES string of the molecule is CCCCCCOC[C@@H]1[C@H](CC=CCCC(C)(C)C(=O)NOCc2ccccc2)[C@@H]2CC[C@H]1O2. The zero-order valence-corrected chi connectivity index (χ0v) is 21.5. The van der Waals surface area contributed by atoms with Crippen molar-refractivity contribution in [3.8, 4) is 0 Å². The first-order valence-corrected chi connectivity index (χ1v) is 13.4. The van der Waals surface area contributed by atoms with Crippen LogP contribution >= 0.6 is 0 Å². The molecule has 0 aromatic heterocycles. The van der Waals surface area contributed by atoms with Gasteiger partial charge in [-0.05, 0) is 50.0 Å². The first-order valence-electron chi connectivity index (χ1n) is 13.4. The number of fused-ring (bicyclic) bond motifs is 2. The second-order valence-corrected chi connectivity index (χ2v) is 10.6. The highest BCUT2D eigenvalue weighted by Gasteiger charge is 2.48. The summed E-state index contributed by atoms with van der Waals surface area (Å²) in [4.78, 5) is 18.0. The molecular formula is C29H45NO4. The molecule has 2 heterocycles. The third-order valence-corrected chi connectivity index (χ3v) is 7.41. The predicted molar refractivity (Wildman–Crippen MR) is 136 cm³/mol. The number of amides is 1. The molecule has 3 rings (SSSR count). The zero-order chi connectivity index (χ0) is 24.2. The number of hydrogen-bond acceptors (Lipinski definition) is 4. The minimum atomic E-state index is -0.481. The monoisotopic (exact) mass is 471 g/mol. The zero-order valence-electron chi connectivity index (χ0n) is 21.5. The molecule has 0 unspecified atom stereocenters. The topological polar surface area (TPSA) is 56.8 Å². The second-order valence-electron chi connectivity index (χ2n) is 10.6. The van der Waals surface area contributed by atoms with Gasteiger partial charge in [0.25, 0.3) is 0 Å². The summed E-state index contributed by atoms with van der Waals surface area (Å²) in [5.74, 6) is 1.02. The molecule has 0 aliphatic carbocycles. The van der Waals surface area contributed by atoms with Crippen molar-refractivity contribution >= 4 is 5.91 Å². The molecule has 5 nitrogen and oxygen atoms in total. The Morgan fingerprint density at radius 2 is 1.85 bits per heavy atom. The van der Waals surface area contributed by atoms with Crippen molar-refractivity contribution in [2.45, 2.75) is 97.4 Å². The summed E-state index contributed by atoms with van der Waals surface area (Å²) in [7, 11) is 0. The van der Waals surface area contributed by atoms with Gasteiger partial charge in [-0.2, -0.15) is 0 Å². The van der Waals surface area contributed by atoms with Crippen molar-refractivity contribution in [1.29, 1.82) is 0 Å². The fourth-order valence-electron chi connectivity index (χ4n) is 5.10. The maximum Gasteiger partial charge on any atom is 0.249 e. The van der Waals surface area contributed by atoms with E-state index in [1.54, 1.807) is 0 Å². The maximum atomic E-state index is 12.6. The van der Waals surface area contributed by atoms with Crippen LogP contribution in [-0.2, 0) is 25.7 Å². The number of carbonyl (C=O) groups is 1. The summed E-state index contributed by atoms with van der Waals surface area (Å²) in [6.45, 7) is 8.27. The Labute approximate surface area is 206 Å². The summed E-state index contributed by atoms with van der Waals surface area (Å²) >= 11 is 0. The lowest BCUT2D eigenvalue weighted by Gasteiger charge is -2.27. The quantitative estimate of drug-likeness (QED) is 0.173. The third-order valence-electron chi connectivity index (χ3n) is 7.41. The van der Waals surface area contributed by atoms with Crippen LogP contribution in [0.5, 0.6) is 0 Å². The summed E-state index contributed by atoms with van der Waals surface area (Å²) in [6, 6.07) is 9.85. The van der Waals surface area contributed by atoms with Crippen molar-refractivity contribution in [2.75, 3.05) is 13.2 Å². The highest BCUT2D eigenvalue weighted by molar-refractivity contribution is 5.80. The summed E-state index contributed by atoms with van der Waals surface area (Å²) < 4.78 is 12.3. The van der Waals surface area contributed by atoms with Crippen molar-refractivity contribution < 1.29 is 19.1 Å². The van der Waals surface area contributed by atoms with Gasteiger partial charge in [0.1, 0.15) is 0 Å². The van der Waals surface area contributed by atoms with E-state index < -0.39 is 5.41 Å². The van der Waals surface area contributed by atoms with Crippen LogP contribution in [0.15, 0.2) is 42.5 Å². The van der Waals surface area contributed by atoms with E-state index in [2.05, 4.69) is 24.6 Å². The average Bonchev–Trinajstić information content (AvgIpc) is 3.44. The van der Waals surface area contributed by atoms with Gasteiger partial charge in [0.05, 0.1) is 25.4 Å². The number of benzene rings is 1. The van der Waals surface area contributed by atoms with Crippen LogP contribution in [-0.4, -0.2) is 31.3 Å². The Bertz CT molecular complexity index is 748. The average molecular weight is 472 g/mol. The minimum absolute atomic E-state index is 0.0746. The molecule has 2 saturated heterocycles. The Morgan fingerprint density at radius 1 is 1.09 bits per heavy atom. The number of carbonyl (C=O) groups excluding carboxylic acids is 1. The van der Waals surface area contributed by atoms with Crippen molar-refractivity contribution in [3.63, 3.8) is 0 Å². The Balaban J connectivity index is 1.34. The lowest BCUT2D eigenvalue weighted by atomic mass is 9.78. The number of nitrogens with one attached hydrogen (secondary N) is 1. The molecule has 2 aliphatic rings. The van der Waals surface area contributed by atoms with Crippen LogP contribution in [0.1, 0.15) is 84.1 Å². The van der Waals surface area contributed by atoms with E-state index in [0.717, 1.165) is 38.0 Å². The Morgan fingerprint density at radius 3 is 2.62 bits per heavy atom. The van der Waals surface area contributed by atoms with E-state index in [4.69, 9.17) is 14.3 Å². The standard InChI is InChI=1S/C29H45NO4/c1-4-5-6-13-20-32-22-25-24(26-17-18-27(25)34-26)16-11-8-12-19-29(2,3)28(31)30-33-21-23-14-9-7-10-15-23/h7-11,14-15,24-27H,4-6,12-13,16-22H2,1-3H3,(H,30,31)/t24-,25+,26-,27+/m0/s1. The molecule has 1 amide bonds. The van der Waals surface area contributed by atoms with Crippen molar-refractivity contribution in [3.05, 3.63) is 48.0 Å². The van der Waals surface area contributed by atoms with E-state index in [1.807, 2.05) is 44.2 Å². The molecule has 34 heavy (non-hydrogen) atoms. The van der Waals surface area contributed by atoms with Gasteiger partial charge in [-0.15, -0.1) is 0 Å². The van der Waals surface area contributed by atoms with Crippen molar-refractivity contribution in [1.82, 2.24) is 5.48 Å². The van der Waals surface area contributed by atoms with Gasteiger partial charge in [-0.25, -0.2) is 5.48 Å². The van der Waals surface area contributed by atoms with E-state index >= 15 is 0 Å². The lowest BCUT2D eigenvalue weighted by molar-refractivity contribution is -0.143. The highest BCUT2D eigenvalue weighted by Crippen LogP contribution is 2.45. The minimum Gasteiger partial charge on any atom is -0.381 e.